The summed E-state index contributed by atoms with van der Waals surface area (Å²) in [4.78, 5) is 0. The van der Waals surface area contributed by atoms with E-state index in [4.69, 9.17) is 4.74 Å². The van der Waals surface area contributed by atoms with E-state index < -0.39 is 64.8 Å². The first kappa shape index (κ1) is 36.7. The summed E-state index contributed by atoms with van der Waals surface area (Å²) in [5, 5.41) is 0. The van der Waals surface area contributed by atoms with Crippen LogP contribution in [0.1, 0.15) is 95.1 Å². The van der Waals surface area contributed by atoms with Crippen molar-refractivity contribution in [3.63, 3.8) is 0 Å². The Kier molecular flexibility index (Phi) is 12.7. The Bertz CT molecular complexity index is 1350. The molecule has 260 valence electrons. The molecule has 0 heterocycles. The number of alkyl halides is 4. The van der Waals surface area contributed by atoms with Gasteiger partial charge in [0.2, 0.25) is 0 Å². The third-order valence-corrected chi connectivity index (χ3v) is 8.93. The summed E-state index contributed by atoms with van der Waals surface area (Å²) in [5.74, 6) is -7.08. The number of halogens is 9. The van der Waals surface area contributed by atoms with Gasteiger partial charge in [-0.1, -0.05) is 50.8 Å². The number of hydrogen-bond acceptors (Lipinski definition) is 3. The highest BCUT2D eigenvalue weighted by Crippen LogP contribution is 2.43. The van der Waals surface area contributed by atoms with Gasteiger partial charge in [0, 0.05) is 12.1 Å². The number of ether oxygens (including phenoxy) is 3. The Balaban J connectivity index is 1.27. The van der Waals surface area contributed by atoms with Crippen molar-refractivity contribution in [3.05, 3.63) is 77.3 Å². The van der Waals surface area contributed by atoms with E-state index in [2.05, 4.69) is 16.4 Å². The van der Waals surface area contributed by atoms with Crippen LogP contribution in [-0.2, 0) is 10.8 Å². The predicted molar refractivity (Wildman–Crippen MR) is 159 cm³/mol. The highest BCUT2D eigenvalue weighted by Gasteiger charge is 2.44. The maximum atomic E-state index is 15.0. The van der Waals surface area contributed by atoms with E-state index in [1.807, 2.05) is 0 Å². The average molecular weight is 679 g/mol. The second-order valence-corrected chi connectivity index (χ2v) is 12.4. The third-order valence-electron chi connectivity index (χ3n) is 8.93. The molecule has 0 atom stereocenters. The molecule has 0 bridgehead atoms. The van der Waals surface area contributed by atoms with Gasteiger partial charge in [-0.05, 0) is 80.9 Å². The van der Waals surface area contributed by atoms with Crippen molar-refractivity contribution < 1.29 is 53.7 Å². The monoisotopic (exact) mass is 678 g/mol. The van der Waals surface area contributed by atoms with E-state index >= 15 is 0 Å². The molecule has 0 N–H and O–H groups in total. The first-order chi connectivity index (χ1) is 22.3. The molecular formula is C35H39F9O3. The molecule has 12 heteroatoms. The van der Waals surface area contributed by atoms with Gasteiger partial charge < -0.3 is 14.2 Å². The Hall–Kier alpha value is -3.15. The van der Waals surface area contributed by atoms with Gasteiger partial charge in [0.1, 0.15) is 11.6 Å². The van der Waals surface area contributed by atoms with E-state index in [-0.39, 0.29) is 29.9 Å². The van der Waals surface area contributed by atoms with E-state index in [1.165, 1.54) is 12.5 Å². The molecule has 47 heavy (non-hydrogen) atoms. The second-order valence-electron chi connectivity index (χ2n) is 12.4. The SMILES string of the molecule is CCCCCC1CCC(C(F)(F)OC2CCC(C=Cc3ccc(C(F)(F)Oc4cc(F)c(OC=C(F)F)c(F)c4)c(F)c3)CC2)CC1. The zero-order valence-corrected chi connectivity index (χ0v) is 26.0. The van der Waals surface area contributed by atoms with Crippen molar-refractivity contribution in [2.75, 3.05) is 0 Å². The fraction of sp³-hybridized carbons (Fsp3) is 0.543. The molecule has 0 radical (unpaired) electrons. The van der Waals surface area contributed by atoms with Crippen LogP contribution in [0.2, 0.25) is 0 Å². The second kappa shape index (κ2) is 16.3. The third kappa shape index (κ3) is 10.4. The molecular weight excluding hydrogens is 639 g/mol. The first-order valence-corrected chi connectivity index (χ1v) is 16.0. The summed E-state index contributed by atoms with van der Waals surface area (Å²) in [7, 11) is 0. The molecule has 2 fully saturated rings. The van der Waals surface area contributed by atoms with E-state index in [0.29, 0.717) is 44.4 Å². The minimum Gasteiger partial charge on any atom is -0.453 e. The molecule has 2 aromatic rings. The lowest BCUT2D eigenvalue weighted by molar-refractivity contribution is -0.301. The van der Waals surface area contributed by atoms with Crippen LogP contribution in [0, 0.1) is 35.2 Å². The van der Waals surface area contributed by atoms with Gasteiger partial charge in [0.15, 0.2) is 23.6 Å². The van der Waals surface area contributed by atoms with Gasteiger partial charge in [0.25, 0.3) is 0 Å². The van der Waals surface area contributed by atoms with Crippen LogP contribution in [0.3, 0.4) is 0 Å². The van der Waals surface area contributed by atoms with Crippen molar-refractivity contribution in [2.24, 2.45) is 17.8 Å². The van der Waals surface area contributed by atoms with Crippen molar-refractivity contribution in [2.45, 2.75) is 102 Å². The predicted octanol–water partition coefficient (Wildman–Crippen LogP) is 11.9. The molecule has 0 spiro atoms. The van der Waals surface area contributed by atoms with Gasteiger partial charge in [-0.25, -0.2) is 13.2 Å². The number of rotatable bonds is 14. The molecule has 3 nitrogen and oxygen atoms in total. The number of hydrogen-bond donors (Lipinski definition) is 0. The van der Waals surface area contributed by atoms with Gasteiger partial charge in [-0.15, -0.1) is 0 Å². The van der Waals surface area contributed by atoms with Crippen LogP contribution >= 0.6 is 0 Å². The lowest BCUT2D eigenvalue weighted by atomic mass is 9.79. The maximum Gasteiger partial charge on any atom is 0.429 e. The summed E-state index contributed by atoms with van der Waals surface area (Å²) < 4.78 is 140. The lowest BCUT2D eigenvalue weighted by Crippen LogP contribution is -2.39. The Morgan fingerprint density at radius 3 is 2.09 bits per heavy atom. The van der Waals surface area contributed by atoms with Gasteiger partial charge in [-0.3, -0.25) is 0 Å². The van der Waals surface area contributed by atoms with Crippen LogP contribution in [0.5, 0.6) is 11.5 Å². The summed E-state index contributed by atoms with van der Waals surface area (Å²) in [6, 6.07) is 3.38. The van der Waals surface area contributed by atoms with E-state index in [1.54, 1.807) is 12.2 Å². The zero-order valence-electron chi connectivity index (χ0n) is 26.0. The molecule has 0 unspecified atom stereocenters. The maximum absolute atomic E-state index is 15.0. The molecule has 0 aliphatic heterocycles. The van der Waals surface area contributed by atoms with Crippen molar-refractivity contribution in [1.29, 1.82) is 0 Å². The van der Waals surface area contributed by atoms with E-state index in [9.17, 15) is 39.5 Å². The molecule has 2 saturated carbocycles. The normalized spacial score (nSPS) is 22.3. The van der Waals surface area contributed by atoms with Crippen molar-refractivity contribution in [1.82, 2.24) is 0 Å². The van der Waals surface area contributed by atoms with Crippen LogP contribution < -0.4 is 9.47 Å². The quantitative estimate of drug-likeness (QED) is 0.113. The topological polar surface area (TPSA) is 27.7 Å². The summed E-state index contributed by atoms with van der Waals surface area (Å²) in [6.07, 6.45) is 1.78. The standard InChI is InChI=1S/C35H39F9O3/c1-2-3-4-5-22-8-13-25(14-9-22)34(41,42)46-26-15-10-23(11-16-26)6-7-24-12-17-28(29(36)18-24)35(43,44)47-27-19-30(37)33(31(38)20-27)45-21-32(39)40/h6-7,12,17-23,25-26H,2-5,8-11,13-16H2,1H3. The first-order valence-electron chi connectivity index (χ1n) is 16.0. The summed E-state index contributed by atoms with van der Waals surface area (Å²) >= 11 is 0. The molecule has 0 amide bonds. The van der Waals surface area contributed by atoms with Crippen molar-refractivity contribution in [3.8, 4) is 11.5 Å². The summed E-state index contributed by atoms with van der Waals surface area (Å²) in [5.41, 5.74) is -0.953. The molecule has 0 saturated heterocycles. The van der Waals surface area contributed by atoms with Crippen molar-refractivity contribution >= 4 is 6.08 Å². The fourth-order valence-electron chi connectivity index (χ4n) is 6.32. The highest BCUT2D eigenvalue weighted by molar-refractivity contribution is 5.51. The fourth-order valence-corrected chi connectivity index (χ4v) is 6.32. The number of allylic oxidation sites excluding steroid dienone is 1. The van der Waals surface area contributed by atoms with Gasteiger partial charge in [-0.2, -0.15) is 26.3 Å². The van der Waals surface area contributed by atoms with Gasteiger partial charge in [0.05, 0.1) is 17.6 Å². The van der Waals surface area contributed by atoms with E-state index in [0.717, 1.165) is 44.2 Å². The Labute approximate surface area is 268 Å². The Morgan fingerprint density at radius 2 is 1.49 bits per heavy atom. The van der Waals surface area contributed by atoms with Crippen LogP contribution in [0.4, 0.5) is 39.5 Å². The highest BCUT2D eigenvalue weighted by atomic mass is 19.3. The molecule has 2 aromatic carbocycles. The molecule has 0 aromatic heterocycles. The molecule has 2 aliphatic rings. The zero-order chi connectivity index (χ0) is 34.2. The minimum atomic E-state index is -4.35. The Morgan fingerprint density at radius 1 is 0.830 bits per heavy atom. The average Bonchev–Trinajstić information content (AvgIpc) is 3.00. The van der Waals surface area contributed by atoms with Crippen LogP contribution in [-0.4, -0.2) is 12.2 Å². The number of benzene rings is 2. The lowest BCUT2D eigenvalue weighted by Gasteiger charge is -2.36. The largest absolute Gasteiger partial charge is 0.453 e. The van der Waals surface area contributed by atoms with Crippen LogP contribution in [0.25, 0.3) is 6.08 Å². The smallest absolute Gasteiger partial charge is 0.429 e. The van der Waals surface area contributed by atoms with Crippen LogP contribution in [0.15, 0.2) is 48.8 Å². The molecule has 4 rings (SSSR count). The number of unbranched alkanes of at least 4 members (excludes halogenated alkanes) is 2. The minimum absolute atomic E-state index is 0.00294. The van der Waals surface area contributed by atoms with Gasteiger partial charge >= 0.3 is 18.3 Å². The molecule has 2 aliphatic carbocycles. The summed E-state index contributed by atoms with van der Waals surface area (Å²) in [6.45, 7) is 2.15.